The first kappa shape index (κ1) is 122. The molecule has 28 N–H and O–H groups in total. The zero-order valence-electron chi connectivity index (χ0n) is 84.7. The highest BCUT2D eigenvalue weighted by atomic mass is 16.3. The zero-order chi connectivity index (χ0) is 107. The van der Waals surface area contributed by atoms with Crippen LogP contribution in [-0.2, 0) is 117 Å². The first-order valence-electron chi connectivity index (χ1n) is 46.1. The lowest BCUT2D eigenvalue weighted by atomic mass is 9.96. The lowest BCUT2D eigenvalue weighted by Gasteiger charge is -2.36. The summed E-state index contributed by atoms with van der Waals surface area (Å²) >= 11 is 0. The van der Waals surface area contributed by atoms with Gasteiger partial charge >= 0.3 is 0 Å². The van der Waals surface area contributed by atoms with Crippen LogP contribution in [0.3, 0.4) is 0 Å². The molecule has 10 unspecified atom stereocenters. The normalized spacial score (nSPS) is 15.1. The number of carbonyl (C=O) groups is 23. The van der Waals surface area contributed by atoms with Crippen molar-refractivity contribution in [3.05, 3.63) is 35.9 Å². The fraction of sp³-hybridized carbons (Fsp3) is 0.681. The largest absolute Gasteiger partial charge is 0.394 e. The fourth-order valence-electron chi connectivity index (χ4n) is 13.8. The molecule has 780 valence electrons. The number of aliphatic hydroxyl groups excluding tert-OH is 1. The third-order valence-corrected chi connectivity index (χ3v) is 22.6. The van der Waals surface area contributed by atoms with E-state index in [1.165, 1.54) is 150 Å². The van der Waals surface area contributed by atoms with Crippen molar-refractivity contribution in [1.82, 2.24) is 106 Å². The average Bonchev–Trinajstić information content (AvgIpc) is 1.80. The lowest BCUT2D eigenvalue weighted by Crippen LogP contribution is -2.67. The summed E-state index contributed by atoms with van der Waals surface area (Å²) in [7, 11) is 0. The summed E-state index contributed by atoms with van der Waals surface area (Å²) in [6.07, 6.45) is -1.20. The predicted octanol–water partition coefficient (Wildman–Crippen LogP) is -5.96. The molecule has 0 aliphatic carbocycles. The van der Waals surface area contributed by atoms with Crippen molar-refractivity contribution in [1.29, 1.82) is 0 Å². The SMILES string of the molecule is CC(=O)NC(C)(C)C(=O)NC(C)C(=O)NC(C)(C)C(=O)NC(C)C(=O)NC(C)(C)C(=O)NC(C)(C)C(=O)NC(CCC(N)=O)C(=O)NC(C)(C)C(=O)NC(C(=O)NC(C)(C)C(=O)NCC(=O)NC(CCCCN)C(=O)NC(C)(C)C(=O)N1CCCC1C(=O)NC(C(=O)NC(C)(C)C(=O)NC(C)(C)C(=O)NC(CCC(N)=O)C(=O)NC(CCC(N)=O)C(=O)NC(CO)Cc1ccccc1)C(C)C)C(C)C. The number of unbranched alkanes of at least 4 members (excludes halogenated alkanes) is 1. The Morgan fingerprint density at radius 1 is 0.374 bits per heavy atom. The second-order valence-corrected chi connectivity index (χ2v) is 40.4. The number of nitrogens with zero attached hydrogens (tertiary/aromatic N) is 1. The number of likely N-dealkylation sites (tertiary alicyclic amines) is 1. The Hall–Kier alpha value is -13.1. The molecule has 1 saturated heterocycles. The maximum Gasteiger partial charge on any atom is 0.248 e. The fourth-order valence-corrected chi connectivity index (χ4v) is 13.8. The van der Waals surface area contributed by atoms with E-state index < -0.39 is 297 Å². The molecule has 10 atom stereocenters. The molecule has 0 aromatic heterocycles. The quantitative estimate of drug-likeness (QED) is 0.0270. The van der Waals surface area contributed by atoms with E-state index in [0.29, 0.717) is 12.8 Å². The number of amides is 23. The van der Waals surface area contributed by atoms with Crippen LogP contribution in [0.2, 0.25) is 0 Å². The van der Waals surface area contributed by atoms with Gasteiger partial charge in [0.05, 0.1) is 19.2 Å². The monoisotopic (exact) mass is 1970 g/mol. The Labute approximate surface area is 811 Å². The van der Waals surface area contributed by atoms with Crippen LogP contribution in [-0.4, -0.2) is 282 Å². The van der Waals surface area contributed by atoms with Gasteiger partial charge < -0.3 is 134 Å². The topological polar surface area (TPSA) is 749 Å². The minimum absolute atomic E-state index is 0.0179. The summed E-state index contributed by atoms with van der Waals surface area (Å²) in [6, 6.07) is -4.51. The molecule has 1 aliphatic rings. The van der Waals surface area contributed by atoms with Crippen molar-refractivity contribution in [3.8, 4) is 0 Å². The number of primary amides is 3. The number of hydrogen-bond acceptors (Lipinski definition) is 25. The highest BCUT2D eigenvalue weighted by Gasteiger charge is 2.48. The molecular formula is C91H152N24O24. The van der Waals surface area contributed by atoms with Crippen LogP contribution in [0.1, 0.15) is 249 Å². The number of benzene rings is 1. The Morgan fingerprint density at radius 2 is 0.719 bits per heavy atom. The van der Waals surface area contributed by atoms with Crippen LogP contribution in [0.4, 0.5) is 0 Å². The molecule has 0 bridgehead atoms. The summed E-state index contributed by atoms with van der Waals surface area (Å²) in [5, 5.41) is 58.2. The van der Waals surface area contributed by atoms with E-state index in [2.05, 4.69) is 101 Å². The molecule has 48 heteroatoms. The first-order chi connectivity index (χ1) is 63.6. The number of hydrogen-bond donors (Lipinski definition) is 24. The number of nitrogens with two attached hydrogens (primary N) is 4. The van der Waals surface area contributed by atoms with Crippen LogP contribution < -0.4 is 124 Å². The molecule has 48 nitrogen and oxygen atoms in total. The number of nitrogens with one attached hydrogen (secondary N) is 19. The maximum absolute atomic E-state index is 14.6. The minimum Gasteiger partial charge on any atom is -0.394 e. The van der Waals surface area contributed by atoms with E-state index in [1.807, 2.05) is 0 Å². The van der Waals surface area contributed by atoms with E-state index in [0.717, 1.165) is 5.56 Å². The van der Waals surface area contributed by atoms with Crippen molar-refractivity contribution < 1.29 is 115 Å². The van der Waals surface area contributed by atoms with Crippen LogP contribution in [0.15, 0.2) is 30.3 Å². The van der Waals surface area contributed by atoms with Gasteiger partial charge in [-0.15, -0.1) is 0 Å². The van der Waals surface area contributed by atoms with E-state index in [1.54, 1.807) is 58.0 Å². The van der Waals surface area contributed by atoms with Crippen molar-refractivity contribution in [2.75, 3.05) is 26.2 Å². The van der Waals surface area contributed by atoms with Gasteiger partial charge in [-0.1, -0.05) is 58.0 Å². The molecule has 1 aromatic rings. The van der Waals surface area contributed by atoms with Gasteiger partial charge in [0.2, 0.25) is 136 Å². The molecule has 0 spiro atoms. The van der Waals surface area contributed by atoms with Crippen LogP contribution in [0.5, 0.6) is 0 Å². The Bertz CT molecular complexity index is 4660. The summed E-state index contributed by atoms with van der Waals surface area (Å²) in [4.78, 5) is 313. The second-order valence-electron chi connectivity index (χ2n) is 40.4. The molecule has 0 radical (unpaired) electrons. The predicted molar refractivity (Wildman–Crippen MR) is 507 cm³/mol. The summed E-state index contributed by atoms with van der Waals surface area (Å²) in [5.41, 5.74) is 6.73. The second kappa shape index (κ2) is 52.1. The molecule has 139 heavy (non-hydrogen) atoms. The average molecular weight is 1970 g/mol. The van der Waals surface area contributed by atoms with Gasteiger partial charge in [0.25, 0.3) is 0 Å². The van der Waals surface area contributed by atoms with Crippen LogP contribution >= 0.6 is 0 Å². The van der Waals surface area contributed by atoms with Gasteiger partial charge in [-0.3, -0.25) is 110 Å². The van der Waals surface area contributed by atoms with E-state index in [4.69, 9.17) is 22.9 Å². The van der Waals surface area contributed by atoms with Crippen molar-refractivity contribution in [2.24, 2.45) is 34.8 Å². The molecule has 1 fully saturated rings. The van der Waals surface area contributed by atoms with Gasteiger partial charge in [-0.2, -0.15) is 0 Å². The molecule has 1 heterocycles. The zero-order valence-corrected chi connectivity index (χ0v) is 84.7. The Morgan fingerprint density at radius 3 is 1.13 bits per heavy atom. The van der Waals surface area contributed by atoms with E-state index >= 15 is 0 Å². The minimum atomic E-state index is -1.92. The third kappa shape index (κ3) is 39.4. The Kier molecular flexibility index (Phi) is 45.7. The lowest BCUT2D eigenvalue weighted by molar-refractivity contribution is -0.146. The Balaban J connectivity index is 2.20. The third-order valence-electron chi connectivity index (χ3n) is 22.6. The van der Waals surface area contributed by atoms with Gasteiger partial charge in [0, 0.05) is 32.7 Å². The van der Waals surface area contributed by atoms with Gasteiger partial charge in [-0.05, 0) is 220 Å². The maximum atomic E-state index is 14.6. The van der Waals surface area contributed by atoms with Crippen molar-refractivity contribution in [3.63, 3.8) is 0 Å². The van der Waals surface area contributed by atoms with Gasteiger partial charge in [0.15, 0.2) is 0 Å². The summed E-state index contributed by atoms with van der Waals surface area (Å²) in [5.74, 6) is -21.3. The van der Waals surface area contributed by atoms with Crippen molar-refractivity contribution in [2.45, 2.75) is 360 Å². The van der Waals surface area contributed by atoms with Gasteiger partial charge in [0.1, 0.15) is 104 Å². The standard InChI is InChI=1S/C91H152N24O24/c1-47(2)63(72(129)112-90(22,23)81(138)114-87(16,17)77(134)102-56(37-40-60(94)119)68(125)101-55(36-39-59(93)118)67(124)99-53(46-116)44-52-32-27-26-28-33-52)104-71(128)58-35-31-43-115(58)82(139)91(24,25)110-69(126)54(34-29-30-42-92)100-62(121)45-96-74(131)83(8,9)111-73(130)64(48(3)4)105-79(136)86(14,15)109-70(127)57(38-41-61(95)120)103-78(135)88(18,19)113-80(137)89(20,21)108-66(123)50(6)98-76(133)85(12,13)107-65(122)49(5)97-75(132)84(10,11)106-51(7)117/h26-28,32-33,47-50,53-58,63-64,116H,29-31,34-46,92H2,1-25H3,(H2,93,118)(H2,94,119)(H2,95,120)(H,96,131)(H,97,132)(H,98,133)(H,99,124)(H,100,121)(H,101,125)(H,102,134)(H,103,135)(H,104,128)(H,105,136)(H,106,117)(H,107,122)(H,108,123)(H,109,127)(H,110,126)(H,111,130)(H,112,129)(H,113,137)(H,114,138). The smallest absolute Gasteiger partial charge is 0.248 e. The number of rotatable bonds is 56. The van der Waals surface area contributed by atoms with Crippen LogP contribution in [0.25, 0.3) is 0 Å². The molecule has 2 rings (SSSR count). The van der Waals surface area contributed by atoms with E-state index in [9.17, 15) is 115 Å². The van der Waals surface area contributed by atoms with Crippen LogP contribution in [0, 0.1) is 11.8 Å². The van der Waals surface area contributed by atoms with Gasteiger partial charge in [-0.25, -0.2) is 0 Å². The number of aliphatic hydroxyl groups is 1. The van der Waals surface area contributed by atoms with Crippen molar-refractivity contribution >= 4 is 136 Å². The number of carbonyl (C=O) groups excluding carboxylic acids is 23. The van der Waals surface area contributed by atoms with E-state index in [-0.39, 0.29) is 51.6 Å². The highest BCUT2D eigenvalue weighted by Crippen LogP contribution is 2.25. The summed E-state index contributed by atoms with van der Waals surface area (Å²) in [6.45, 7) is 32.6. The molecular weight excluding hydrogens is 1810 g/mol. The molecule has 1 aliphatic heterocycles. The summed E-state index contributed by atoms with van der Waals surface area (Å²) < 4.78 is 0. The molecule has 23 amide bonds. The highest BCUT2D eigenvalue weighted by molar-refractivity contribution is 6.05. The molecule has 1 aromatic carbocycles. The first-order valence-corrected chi connectivity index (χ1v) is 46.1. The molecule has 0 saturated carbocycles.